The topological polar surface area (TPSA) is 59.8 Å². The number of furan rings is 1. The Morgan fingerprint density at radius 3 is 2.71 bits per heavy atom. The van der Waals surface area contributed by atoms with E-state index in [1.54, 1.807) is 32.9 Å². The lowest BCUT2D eigenvalue weighted by atomic mass is 10.2. The maximum Gasteiger partial charge on any atom is 0.326 e. The first-order valence-corrected chi connectivity index (χ1v) is 7.21. The zero-order valence-corrected chi connectivity index (χ0v) is 13.6. The molecule has 21 heavy (non-hydrogen) atoms. The molecule has 1 heterocycles. The molecule has 0 aliphatic heterocycles. The second kappa shape index (κ2) is 5.89. The Kier molecular flexibility index (Phi) is 4.37. The van der Waals surface area contributed by atoms with Crippen LogP contribution in [0.25, 0.3) is 11.0 Å². The smallest absolute Gasteiger partial charge is 0.326 e. The van der Waals surface area contributed by atoms with Crippen LogP contribution in [0, 0.1) is 0 Å². The van der Waals surface area contributed by atoms with Gasteiger partial charge in [-0.25, -0.2) is 0 Å². The first kappa shape index (κ1) is 15.6. The fourth-order valence-corrected chi connectivity index (χ4v) is 2.20. The molecule has 0 bridgehead atoms. The Bertz CT molecular complexity index is 672. The number of fused-ring (bicyclic) bond motifs is 1. The van der Waals surface area contributed by atoms with Crippen LogP contribution in [0.15, 0.2) is 33.2 Å². The summed E-state index contributed by atoms with van der Waals surface area (Å²) < 4.78 is 11.7. The summed E-state index contributed by atoms with van der Waals surface area (Å²) in [7, 11) is 0. The summed E-state index contributed by atoms with van der Waals surface area (Å²) in [6.07, 6.45) is 0.552. The minimum atomic E-state index is -0.593. The van der Waals surface area contributed by atoms with E-state index in [1.807, 2.05) is 12.1 Å². The van der Waals surface area contributed by atoms with E-state index in [1.165, 1.54) is 4.90 Å². The van der Waals surface area contributed by atoms with Crippen molar-refractivity contribution in [2.24, 2.45) is 0 Å². The Morgan fingerprint density at radius 2 is 2.10 bits per heavy atom. The number of ether oxygens (including phenoxy) is 1. The molecule has 0 aliphatic carbocycles. The van der Waals surface area contributed by atoms with Crippen LogP contribution in [0.4, 0.5) is 5.88 Å². The van der Waals surface area contributed by atoms with Crippen molar-refractivity contribution in [1.29, 1.82) is 0 Å². The van der Waals surface area contributed by atoms with E-state index in [9.17, 15) is 9.59 Å². The molecule has 0 unspecified atom stereocenters. The third-order valence-corrected chi connectivity index (χ3v) is 3.09. The average molecular weight is 354 g/mol. The number of nitrogens with zero attached hydrogens (tertiary/aromatic N) is 1. The van der Waals surface area contributed by atoms with Crippen molar-refractivity contribution in [3.05, 3.63) is 28.7 Å². The fraction of sp³-hybridized carbons (Fsp3) is 0.333. The monoisotopic (exact) mass is 353 g/mol. The van der Waals surface area contributed by atoms with E-state index in [-0.39, 0.29) is 6.54 Å². The maximum atomic E-state index is 11.8. The molecule has 0 radical (unpaired) electrons. The predicted octanol–water partition coefficient (Wildman–Crippen LogP) is 3.50. The van der Waals surface area contributed by atoms with Crippen LogP contribution in [-0.2, 0) is 14.3 Å². The molecule has 0 aliphatic rings. The minimum absolute atomic E-state index is 0.193. The van der Waals surface area contributed by atoms with E-state index in [0.29, 0.717) is 17.9 Å². The van der Waals surface area contributed by atoms with Crippen LogP contribution in [0.2, 0.25) is 0 Å². The van der Waals surface area contributed by atoms with Crippen LogP contribution in [0.3, 0.4) is 0 Å². The average Bonchev–Trinajstić information content (AvgIpc) is 2.76. The van der Waals surface area contributed by atoms with Crippen molar-refractivity contribution in [2.45, 2.75) is 26.4 Å². The maximum absolute atomic E-state index is 11.8. The Hall–Kier alpha value is -1.82. The number of rotatable bonds is 4. The van der Waals surface area contributed by atoms with Gasteiger partial charge in [0.2, 0.25) is 12.3 Å². The van der Waals surface area contributed by atoms with Gasteiger partial charge in [-0.15, -0.1) is 0 Å². The van der Waals surface area contributed by atoms with Crippen LogP contribution in [-0.4, -0.2) is 24.5 Å². The first-order valence-electron chi connectivity index (χ1n) is 6.41. The summed E-state index contributed by atoms with van der Waals surface area (Å²) in [6.45, 7) is 5.13. The molecule has 1 aromatic heterocycles. The van der Waals surface area contributed by atoms with E-state index in [2.05, 4.69) is 15.9 Å². The van der Waals surface area contributed by atoms with Crippen molar-refractivity contribution in [3.8, 4) is 0 Å². The number of esters is 1. The van der Waals surface area contributed by atoms with Crippen molar-refractivity contribution in [2.75, 3.05) is 11.4 Å². The highest BCUT2D eigenvalue weighted by Crippen LogP contribution is 2.28. The van der Waals surface area contributed by atoms with Crippen molar-refractivity contribution >= 4 is 45.2 Å². The molecule has 0 saturated carbocycles. The lowest BCUT2D eigenvalue weighted by Crippen LogP contribution is -2.34. The molecule has 0 spiro atoms. The fourth-order valence-electron chi connectivity index (χ4n) is 1.82. The molecule has 112 valence electrons. The molecule has 0 fully saturated rings. The summed E-state index contributed by atoms with van der Waals surface area (Å²) in [6, 6.07) is 7.21. The van der Waals surface area contributed by atoms with Crippen molar-refractivity contribution in [1.82, 2.24) is 0 Å². The third-order valence-electron chi connectivity index (χ3n) is 2.60. The lowest BCUT2D eigenvalue weighted by molar-refractivity contribution is -0.153. The molecule has 1 aromatic carbocycles. The van der Waals surface area contributed by atoms with Crippen LogP contribution >= 0.6 is 15.9 Å². The standard InChI is InChI=1S/C15H16BrNO4/c1-15(2,3)21-14(19)8-17(9-18)13-7-10-6-11(16)4-5-12(10)20-13/h4-7,9H,8H2,1-3H3. The van der Waals surface area contributed by atoms with E-state index in [0.717, 1.165) is 9.86 Å². The van der Waals surface area contributed by atoms with Gasteiger partial charge in [-0.2, -0.15) is 0 Å². The van der Waals surface area contributed by atoms with Crippen LogP contribution in [0.5, 0.6) is 0 Å². The highest BCUT2D eigenvalue weighted by molar-refractivity contribution is 9.10. The first-order chi connectivity index (χ1) is 9.78. The number of hydrogen-bond acceptors (Lipinski definition) is 4. The summed E-state index contributed by atoms with van der Waals surface area (Å²) in [5, 5.41) is 0.843. The molecule has 6 heteroatoms. The molecule has 0 N–H and O–H groups in total. The van der Waals surface area contributed by atoms with E-state index >= 15 is 0 Å². The zero-order chi connectivity index (χ0) is 15.6. The van der Waals surface area contributed by atoms with Crippen molar-refractivity contribution < 1.29 is 18.7 Å². The van der Waals surface area contributed by atoms with E-state index < -0.39 is 11.6 Å². The largest absolute Gasteiger partial charge is 0.459 e. The summed E-state index contributed by atoms with van der Waals surface area (Å²) in [5.41, 5.74) is 0.0499. The van der Waals surface area contributed by atoms with Gasteiger partial charge in [-0.1, -0.05) is 15.9 Å². The number of amides is 1. The Labute approximate surface area is 131 Å². The van der Waals surface area contributed by atoms with Gasteiger partial charge in [0.25, 0.3) is 0 Å². The highest BCUT2D eigenvalue weighted by Gasteiger charge is 2.21. The third kappa shape index (κ3) is 4.07. The number of halogens is 1. The SMILES string of the molecule is CC(C)(C)OC(=O)CN(C=O)c1cc2cc(Br)ccc2o1. The molecule has 0 saturated heterocycles. The molecular formula is C15H16BrNO4. The summed E-state index contributed by atoms with van der Waals surface area (Å²) in [4.78, 5) is 24.2. The van der Waals surface area contributed by atoms with Gasteiger partial charge in [0.1, 0.15) is 17.7 Å². The second-order valence-corrected chi connectivity index (χ2v) is 6.50. The van der Waals surface area contributed by atoms with Gasteiger partial charge in [-0.05, 0) is 39.0 Å². The molecule has 2 aromatic rings. The number of anilines is 1. The predicted molar refractivity (Wildman–Crippen MR) is 83.2 cm³/mol. The molecule has 0 atom stereocenters. The van der Waals surface area contributed by atoms with Crippen LogP contribution < -0.4 is 4.90 Å². The Balaban J connectivity index is 2.19. The summed E-state index contributed by atoms with van der Waals surface area (Å²) in [5.74, 6) is -0.180. The molecule has 2 rings (SSSR count). The van der Waals surface area contributed by atoms with Crippen molar-refractivity contribution in [3.63, 3.8) is 0 Å². The number of benzene rings is 1. The molecule has 5 nitrogen and oxygen atoms in total. The second-order valence-electron chi connectivity index (χ2n) is 5.59. The Morgan fingerprint density at radius 1 is 1.38 bits per heavy atom. The summed E-state index contributed by atoms with van der Waals surface area (Å²) >= 11 is 3.37. The van der Waals surface area contributed by atoms with Crippen LogP contribution in [0.1, 0.15) is 20.8 Å². The number of carbonyl (C=O) groups is 2. The van der Waals surface area contributed by atoms with Gasteiger partial charge in [0, 0.05) is 15.9 Å². The minimum Gasteiger partial charge on any atom is -0.459 e. The van der Waals surface area contributed by atoms with Gasteiger partial charge in [0.15, 0.2) is 0 Å². The quantitative estimate of drug-likeness (QED) is 0.623. The van der Waals surface area contributed by atoms with Gasteiger partial charge < -0.3 is 9.15 Å². The highest BCUT2D eigenvalue weighted by atomic mass is 79.9. The lowest BCUT2D eigenvalue weighted by Gasteiger charge is -2.21. The zero-order valence-electron chi connectivity index (χ0n) is 12.1. The van der Waals surface area contributed by atoms with Gasteiger partial charge >= 0.3 is 5.97 Å². The van der Waals surface area contributed by atoms with Gasteiger partial charge in [-0.3, -0.25) is 14.5 Å². The van der Waals surface area contributed by atoms with Gasteiger partial charge in [0.05, 0.1) is 0 Å². The van der Waals surface area contributed by atoms with E-state index in [4.69, 9.17) is 9.15 Å². The molecule has 1 amide bonds. The normalized spacial score (nSPS) is 11.4. The number of hydrogen-bond donors (Lipinski definition) is 0. The molecular weight excluding hydrogens is 338 g/mol. The number of carbonyl (C=O) groups excluding carboxylic acids is 2.